The maximum absolute atomic E-state index is 13.0. The molecule has 0 saturated carbocycles. The van der Waals surface area contributed by atoms with Crippen molar-refractivity contribution in [3.05, 3.63) is 87.9 Å². The maximum Gasteiger partial charge on any atom is 0.340 e. The molecule has 5 rings (SSSR count). The van der Waals surface area contributed by atoms with E-state index in [1.807, 2.05) is 55.5 Å². The van der Waals surface area contributed by atoms with E-state index in [1.54, 1.807) is 12.1 Å². The molecule has 30 heavy (non-hydrogen) atoms. The fourth-order valence-corrected chi connectivity index (χ4v) is 4.48. The number of hydrogen-bond donors (Lipinski definition) is 1. The van der Waals surface area contributed by atoms with Crippen LogP contribution in [0.3, 0.4) is 0 Å². The van der Waals surface area contributed by atoms with Gasteiger partial charge in [0.05, 0.1) is 22.9 Å². The van der Waals surface area contributed by atoms with Gasteiger partial charge in [-0.2, -0.15) is 0 Å². The van der Waals surface area contributed by atoms with Gasteiger partial charge in [-0.25, -0.2) is 4.79 Å². The van der Waals surface area contributed by atoms with Crippen LogP contribution in [0.5, 0.6) is 11.5 Å². The highest BCUT2D eigenvalue weighted by Gasteiger charge is 2.55. The normalized spacial score (nSPS) is 15.1. The zero-order valence-electron chi connectivity index (χ0n) is 16.4. The summed E-state index contributed by atoms with van der Waals surface area (Å²) < 4.78 is 17.8. The van der Waals surface area contributed by atoms with Gasteiger partial charge in [-0.05, 0) is 31.2 Å². The molecular weight excluding hydrogens is 402 g/mol. The SMILES string of the molecule is CCOCCNc1c(Cl)ccc2c1C1(OC2=O)c2ccccc2Oc2ccccc21. The Labute approximate surface area is 179 Å². The van der Waals surface area contributed by atoms with Gasteiger partial charge in [-0.15, -0.1) is 0 Å². The summed E-state index contributed by atoms with van der Waals surface area (Å²) in [7, 11) is 0. The number of carbonyl (C=O) groups excluding carboxylic acids is 1. The molecule has 0 fully saturated rings. The number of fused-ring (bicyclic) bond motifs is 6. The lowest BCUT2D eigenvalue weighted by Gasteiger charge is -2.37. The molecule has 0 amide bonds. The van der Waals surface area contributed by atoms with Gasteiger partial charge in [0.15, 0.2) is 5.60 Å². The van der Waals surface area contributed by atoms with Crippen LogP contribution in [0.4, 0.5) is 5.69 Å². The maximum atomic E-state index is 13.0. The van der Waals surface area contributed by atoms with Crippen molar-refractivity contribution >= 4 is 23.3 Å². The van der Waals surface area contributed by atoms with Gasteiger partial charge in [0.2, 0.25) is 0 Å². The van der Waals surface area contributed by atoms with E-state index in [-0.39, 0.29) is 5.97 Å². The summed E-state index contributed by atoms with van der Waals surface area (Å²) >= 11 is 6.62. The molecule has 5 nitrogen and oxygen atoms in total. The van der Waals surface area contributed by atoms with E-state index in [0.717, 1.165) is 11.1 Å². The number of nitrogens with one attached hydrogen (secondary N) is 1. The summed E-state index contributed by atoms with van der Waals surface area (Å²) in [6, 6.07) is 18.7. The molecule has 0 aliphatic carbocycles. The van der Waals surface area contributed by atoms with Crippen molar-refractivity contribution in [2.24, 2.45) is 0 Å². The lowest BCUT2D eigenvalue weighted by molar-refractivity contribution is 0.0225. The number of hydrogen-bond acceptors (Lipinski definition) is 5. The van der Waals surface area contributed by atoms with Gasteiger partial charge in [0, 0.05) is 29.8 Å². The molecule has 3 aromatic carbocycles. The second-order valence-corrected chi connectivity index (χ2v) is 7.54. The second-order valence-electron chi connectivity index (χ2n) is 7.13. The minimum Gasteiger partial charge on any atom is -0.456 e. The summed E-state index contributed by atoms with van der Waals surface area (Å²) in [6.45, 7) is 3.65. The quantitative estimate of drug-likeness (QED) is 0.444. The molecule has 0 aromatic heterocycles. The Morgan fingerprint density at radius 3 is 2.33 bits per heavy atom. The molecule has 152 valence electrons. The predicted octanol–water partition coefficient (Wildman–Crippen LogP) is 5.36. The van der Waals surface area contributed by atoms with Crippen molar-refractivity contribution in [3.63, 3.8) is 0 Å². The molecular formula is C24H20ClNO4. The fraction of sp³-hybridized carbons (Fsp3) is 0.208. The third-order valence-corrected chi connectivity index (χ3v) is 5.79. The monoisotopic (exact) mass is 421 g/mol. The Hall–Kier alpha value is -3.02. The van der Waals surface area contributed by atoms with Crippen LogP contribution in [-0.2, 0) is 15.1 Å². The average molecular weight is 422 g/mol. The smallest absolute Gasteiger partial charge is 0.340 e. The van der Waals surface area contributed by atoms with Gasteiger partial charge >= 0.3 is 5.97 Å². The first kappa shape index (κ1) is 19.0. The molecule has 0 bridgehead atoms. The van der Waals surface area contributed by atoms with Crippen molar-refractivity contribution in [2.45, 2.75) is 12.5 Å². The molecule has 0 radical (unpaired) electrons. The van der Waals surface area contributed by atoms with Crippen LogP contribution < -0.4 is 10.1 Å². The molecule has 0 saturated heterocycles. The zero-order chi connectivity index (χ0) is 20.7. The standard InChI is InChI=1S/C24H20ClNO4/c1-2-28-14-13-26-22-18(25)12-11-15-21(22)24(30-23(15)27)16-7-3-5-9-19(16)29-20-10-6-4-8-17(20)24/h3-12,26H,2,13-14H2,1H3. The number of ether oxygens (including phenoxy) is 3. The molecule has 0 atom stereocenters. The second kappa shape index (κ2) is 7.35. The average Bonchev–Trinajstić information content (AvgIpc) is 3.06. The molecule has 3 aromatic rings. The van der Waals surface area contributed by atoms with E-state index in [4.69, 9.17) is 25.8 Å². The van der Waals surface area contributed by atoms with Crippen molar-refractivity contribution in [3.8, 4) is 11.5 Å². The largest absolute Gasteiger partial charge is 0.456 e. The molecule has 0 unspecified atom stereocenters. The fourth-order valence-electron chi connectivity index (χ4n) is 4.26. The summed E-state index contributed by atoms with van der Waals surface area (Å²) in [5.41, 5.74) is 2.27. The number of esters is 1. The number of para-hydroxylation sites is 2. The minimum atomic E-state index is -1.14. The Bertz CT molecular complexity index is 1100. The Morgan fingerprint density at radius 2 is 1.67 bits per heavy atom. The molecule has 1 N–H and O–H groups in total. The first-order chi connectivity index (χ1) is 14.7. The molecule has 2 aliphatic heterocycles. The van der Waals surface area contributed by atoms with Gasteiger partial charge in [0.1, 0.15) is 11.5 Å². The van der Waals surface area contributed by atoms with Crippen LogP contribution >= 0.6 is 11.6 Å². The summed E-state index contributed by atoms with van der Waals surface area (Å²) in [5, 5.41) is 3.89. The predicted molar refractivity (Wildman–Crippen MR) is 115 cm³/mol. The lowest BCUT2D eigenvalue weighted by Crippen LogP contribution is -2.33. The summed E-state index contributed by atoms with van der Waals surface area (Å²) in [4.78, 5) is 13.0. The van der Waals surface area contributed by atoms with E-state index in [2.05, 4.69) is 5.32 Å². The highest BCUT2D eigenvalue weighted by molar-refractivity contribution is 6.33. The minimum absolute atomic E-state index is 0.388. The number of anilines is 1. The highest BCUT2D eigenvalue weighted by atomic mass is 35.5. The third-order valence-electron chi connectivity index (χ3n) is 5.48. The van der Waals surface area contributed by atoms with E-state index in [9.17, 15) is 4.79 Å². The topological polar surface area (TPSA) is 56.8 Å². The number of rotatable bonds is 5. The Balaban J connectivity index is 1.77. The third kappa shape index (κ3) is 2.70. The van der Waals surface area contributed by atoms with Gasteiger partial charge in [-0.3, -0.25) is 0 Å². The van der Waals surface area contributed by atoms with E-state index in [1.165, 1.54) is 0 Å². The van der Waals surface area contributed by atoms with Gasteiger partial charge < -0.3 is 19.5 Å². The summed E-state index contributed by atoms with van der Waals surface area (Å²) in [6.07, 6.45) is 0. The number of carbonyl (C=O) groups is 1. The van der Waals surface area contributed by atoms with Crippen LogP contribution in [0.2, 0.25) is 5.02 Å². The first-order valence-electron chi connectivity index (χ1n) is 9.91. The van der Waals surface area contributed by atoms with Crippen molar-refractivity contribution in [1.82, 2.24) is 0 Å². The molecule has 2 heterocycles. The van der Waals surface area contributed by atoms with E-state index < -0.39 is 5.60 Å². The zero-order valence-corrected chi connectivity index (χ0v) is 17.2. The highest BCUT2D eigenvalue weighted by Crippen LogP contribution is 2.58. The molecule has 6 heteroatoms. The van der Waals surface area contributed by atoms with Gasteiger partial charge in [-0.1, -0.05) is 48.0 Å². The van der Waals surface area contributed by atoms with Crippen LogP contribution in [0.25, 0.3) is 0 Å². The lowest BCUT2D eigenvalue weighted by atomic mass is 9.77. The van der Waals surface area contributed by atoms with Crippen LogP contribution in [-0.4, -0.2) is 25.7 Å². The van der Waals surface area contributed by atoms with Crippen LogP contribution in [0.15, 0.2) is 60.7 Å². The van der Waals surface area contributed by atoms with Crippen LogP contribution in [0.1, 0.15) is 34.0 Å². The molecule has 2 aliphatic rings. The van der Waals surface area contributed by atoms with Gasteiger partial charge in [0.25, 0.3) is 0 Å². The van der Waals surface area contributed by atoms with Crippen molar-refractivity contribution in [1.29, 1.82) is 0 Å². The van der Waals surface area contributed by atoms with E-state index >= 15 is 0 Å². The molecule has 1 spiro atoms. The Morgan fingerprint density at radius 1 is 1.00 bits per heavy atom. The van der Waals surface area contributed by atoms with Crippen LogP contribution in [0, 0.1) is 0 Å². The van der Waals surface area contributed by atoms with Crippen molar-refractivity contribution < 1.29 is 19.0 Å². The number of benzene rings is 3. The number of halogens is 1. The Kier molecular flexibility index (Phi) is 4.65. The summed E-state index contributed by atoms with van der Waals surface area (Å²) in [5.74, 6) is 0.912. The first-order valence-corrected chi connectivity index (χ1v) is 10.3. The van der Waals surface area contributed by atoms with Crippen molar-refractivity contribution in [2.75, 3.05) is 25.1 Å². The van der Waals surface area contributed by atoms with E-state index in [0.29, 0.717) is 53.1 Å².